The molecule has 0 amide bonds. The number of hydrogen-bond acceptors (Lipinski definition) is 2. The largest absolute Gasteiger partial charge is 0.481 e. The van der Waals surface area contributed by atoms with Gasteiger partial charge in [-0.1, -0.05) is 97.1 Å². The minimum Gasteiger partial charge on any atom is -0.481 e. The summed E-state index contributed by atoms with van der Waals surface area (Å²) < 4.78 is 0. The van der Waals surface area contributed by atoms with Gasteiger partial charge in [0.2, 0.25) is 0 Å². The molecule has 0 bridgehead atoms. The first-order valence-electron chi connectivity index (χ1n) is 12.2. The van der Waals surface area contributed by atoms with E-state index in [2.05, 4.69) is 86.3 Å². The van der Waals surface area contributed by atoms with Crippen LogP contribution in [0.2, 0.25) is 0 Å². The summed E-state index contributed by atoms with van der Waals surface area (Å²) in [6.45, 7) is 7.06. The third-order valence-corrected chi connectivity index (χ3v) is 6.87. The highest BCUT2D eigenvalue weighted by molar-refractivity contribution is 5.69. The van der Waals surface area contributed by atoms with E-state index in [0.717, 1.165) is 22.3 Å². The van der Waals surface area contributed by atoms with Crippen molar-refractivity contribution >= 4 is 5.97 Å². The average Bonchev–Trinajstić information content (AvgIpc) is 2.88. The topological polar surface area (TPSA) is 40.5 Å². The smallest absolute Gasteiger partial charge is 0.305 e. The maximum absolute atomic E-state index is 12.1. The Balaban J connectivity index is 1.78. The van der Waals surface area contributed by atoms with Crippen LogP contribution in [0.5, 0.6) is 0 Å². The van der Waals surface area contributed by atoms with Gasteiger partial charge < -0.3 is 5.11 Å². The Labute approximate surface area is 208 Å². The van der Waals surface area contributed by atoms with Gasteiger partial charge in [-0.2, -0.15) is 0 Å². The zero-order valence-corrected chi connectivity index (χ0v) is 20.7. The summed E-state index contributed by atoms with van der Waals surface area (Å²) in [5, 5.41) is 9.94. The molecular weight excluding hydrogens is 430 g/mol. The van der Waals surface area contributed by atoms with Crippen molar-refractivity contribution in [3.8, 4) is 11.1 Å². The van der Waals surface area contributed by atoms with Gasteiger partial charge in [-0.3, -0.25) is 9.69 Å². The zero-order chi connectivity index (χ0) is 24.8. The minimum absolute atomic E-state index is 0.0282. The molecule has 0 saturated carbocycles. The number of rotatable bonds is 9. The lowest BCUT2D eigenvalue weighted by molar-refractivity contribution is -0.138. The Bertz CT molecular complexity index is 1270. The van der Waals surface area contributed by atoms with Crippen molar-refractivity contribution in [2.75, 3.05) is 0 Å². The predicted octanol–water partition coefficient (Wildman–Crippen LogP) is 7.75. The van der Waals surface area contributed by atoms with E-state index in [-0.39, 0.29) is 18.5 Å². The minimum atomic E-state index is -0.801. The Kier molecular flexibility index (Phi) is 7.79. The molecular formula is C32H33NO2. The van der Waals surface area contributed by atoms with Gasteiger partial charge in [0.15, 0.2) is 0 Å². The molecule has 4 aromatic rings. The fourth-order valence-corrected chi connectivity index (χ4v) is 4.67. The number of carboxylic acids is 1. The van der Waals surface area contributed by atoms with Crippen molar-refractivity contribution in [1.29, 1.82) is 0 Å². The molecule has 0 aliphatic carbocycles. The lowest BCUT2D eigenvalue weighted by atomic mass is 9.93. The summed E-state index contributed by atoms with van der Waals surface area (Å²) in [6.07, 6.45) is 0.0282. The summed E-state index contributed by atoms with van der Waals surface area (Å²) in [6, 6.07) is 35.2. The molecule has 0 saturated heterocycles. The summed E-state index contributed by atoms with van der Waals surface area (Å²) in [5.74, 6) is -0.801. The zero-order valence-electron chi connectivity index (χ0n) is 20.7. The van der Waals surface area contributed by atoms with Crippen LogP contribution in [0.3, 0.4) is 0 Å². The number of carboxylic acid groups (broad SMARTS) is 1. The Morgan fingerprint density at radius 1 is 0.743 bits per heavy atom. The summed E-state index contributed by atoms with van der Waals surface area (Å²) in [7, 11) is 0. The normalized spacial score (nSPS) is 12.9. The Morgan fingerprint density at radius 3 is 2.03 bits per heavy atom. The molecule has 178 valence electrons. The molecule has 0 aromatic heterocycles. The highest BCUT2D eigenvalue weighted by atomic mass is 16.4. The van der Waals surface area contributed by atoms with E-state index in [1.54, 1.807) is 0 Å². The van der Waals surface area contributed by atoms with Crippen LogP contribution in [0.4, 0.5) is 0 Å². The Hall–Kier alpha value is -3.69. The second-order valence-corrected chi connectivity index (χ2v) is 9.28. The van der Waals surface area contributed by atoms with Crippen molar-refractivity contribution in [3.05, 3.63) is 131 Å². The van der Waals surface area contributed by atoms with E-state index >= 15 is 0 Å². The van der Waals surface area contributed by atoms with Gasteiger partial charge in [-0.15, -0.1) is 0 Å². The summed E-state index contributed by atoms with van der Waals surface area (Å²) >= 11 is 0. The first-order chi connectivity index (χ1) is 16.9. The van der Waals surface area contributed by atoms with Gasteiger partial charge in [0.1, 0.15) is 0 Å². The molecule has 35 heavy (non-hydrogen) atoms. The molecule has 0 spiro atoms. The van der Waals surface area contributed by atoms with E-state index in [0.29, 0.717) is 6.54 Å². The van der Waals surface area contributed by atoms with Crippen LogP contribution in [-0.2, 0) is 11.3 Å². The molecule has 3 heteroatoms. The van der Waals surface area contributed by atoms with E-state index in [1.807, 2.05) is 42.5 Å². The van der Waals surface area contributed by atoms with Crippen LogP contribution >= 0.6 is 0 Å². The van der Waals surface area contributed by atoms with Gasteiger partial charge in [-0.05, 0) is 65.8 Å². The predicted molar refractivity (Wildman–Crippen MR) is 143 cm³/mol. The van der Waals surface area contributed by atoms with Crippen LogP contribution in [0.1, 0.15) is 53.2 Å². The van der Waals surface area contributed by atoms with Crippen molar-refractivity contribution in [2.45, 2.75) is 45.8 Å². The van der Waals surface area contributed by atoms with Gasteiger partial charge in [0, 0.05) is 18.6 Å². The molecule has 4 aromatic carbocycles. The standard InChI is InChI=1S/C32H33NO2/c1-23-17-18-29(19-24(23)2)28-15-10-16-30(20-28)31(21-32(34)35)33(22-26-11-6-4-7-12-26)25(3)27-13-8-5-9-14-27/h4-20,25,31H,21-22H2,1-3H3,(H,34,35). The third kappa shape index (κ3) is 6.06. The molecule has 1 N–H and O–H groups in total. The first kappa shape index (κ1) is 24.4. The first-order valence-corrected chi connectivity index (χ1v) is 12.2. The maximum Gasteiger partial charge on any atom is 0.305 e. The van der Waals surface area contributed by atoms with Crippen LogP contribution in [0.15, 0.2) is 103 Å². The lowest BCUT2D eigenvalue weighted by Gasteiger charge is -2.37. The van der Waals surface area contributed by atoms with Crippen molar-refractivity contribution in [1.82, 2.24) is 4.90 Å². The van der Waals surface area contributed by atoms with Crippen molar-refractivity contribution in [3.63, 3.8) is 0 Å². The number of aryl methyl sites for hydroxylation is 2. The van der Waals surface area contributed by atoms with Crippen LogP contribution in [0, 0.1) is 13.8 Å². The van der Waals surface area contributed by atoms with Gasteiger partial charge in [-0.25, -0.2) is 0 Å². The number of carbonyl (C=O) groups is 1. The maximum atomic E-state index is 12.1. The fraction of sp³-hybridized carbons (Fsp3) is 0.219. The number of nitrogens with zero attached hydrogens (tertiary/aromatic N) is 1. The van der Waals surface area contributed by atoms with E-state index in [4.69, 9.17) is 0 Å². The number of benzene rings is 4. The quantitative estimate of drug-likeness (QED) is 0.276. The highest BCUT2D eigenvalue weighted by Gasteiger charge is 2.28. The summed E-state index contributed by atoms with van der Waals surface area (Å²) in [4.78, 5) is 14.4. The molecule has 0 radical (unpaired) electrons. The lowest BCUT2D eigenvalue weighted by Crippen LogP contribution is -2.32. The molecule has 0 aliphatic heterocycles. The molecule has 2 atom stereocenters. The van der Waals surface area contributed by atoms with Gasteiger partial charge >= 0.3 is 5.97 Å². The second-order valence-electron chi connectivity index (χ2n) is 9.28. The monoisotopic (exact) mass is 463 g/mol. The van der Waals surface area contributed by atoms with Crippen LogP contribution in [-0.4, -0.2) is 16.0 Å². The molecule has 4 rings (SSSR count). The van der Waals surface area contributed by atoms with E-state index in [1.165, 1.54) is 16.7 Å². The average molecular weight is 464 g/mol. The fourth-order valence-electron chi connectivity index (χ4n) is 4.67. The van der Waals surface area contributed by atoms with E-state index < -0.39 is 5.97 Å². The molecule has 2 unspecified atom stereocenters. The van der Waals surface area contributed by atoms with E-state index in [9.17, 15) is 9.90 Å². The molecule has 0 aliphatic rings. The second kappa shape index (κ2) is 11.2. The van der Waals surface area contributed by atoms with Crippen molar-refractivity contribution < 1.29 is 9.90 Å². The third-order valence-electron chi connectivity index (χ3n) is 6.87. The van der Waals surface area contributed by atoms with Crippen molar-refractivity contribution in [2.24, 2.45) is 0 Å². The van der Waals surface area contributed by atoms with Crippen LogP contribution in [0.25, 0.3) is 11.1 Å². The molecule has 0 fully saturated rings. The SMILES string of the molecule is Cc1ccc(-c2cccc(C(CC(=O)O)N(Cc3ccccc3)C(C)c3ccccc3)c2)cc1C. The molecule has 0 heterocycles. The summed E-state index contributed by atoms with van der Waals surface area (Å²) in [5.41, 5.74) is 8.11. The number of aliphatic carboxylic acids is 1. The molecule has 3 nitrogen and oxygen atoms in total. The number of hydrogen-bond donors (Lipinski definition) is 1. The van der Waals surface area contributed by atoms with Crippen LogP contribution < -0.4 is 0 Å². The van der Waals surface area contributed by atoms with Gasteiger partial charge in [0.25, 0.3) is 0 Å². The Morgan fingerprint density at radius 2 is 1.37 bits per heavy atom. The highest BCUT2D eigenvalue weighted by Crippen LogP contribution is 2.36. The van der Waals surface area contributed by atoms with Gasteiger partial charge in [0.05, 0.1) is 6.42 Å².